The Kier molecular flexibility index (Phi) is 6.90. The van der Waals surface area contributed by atoms with Gasteiger partial charge in [0, 0.05) is 23.9 Å². The van der Waals surface area contributed by atoms with E-state index in [0.29, 0.717) is 29.0 Å². The maximum atomic E-state index is 12.8. The van der Waals surface area contributed by atoms with Gasteiger partial charge in [0.2, 0.25) is 0 Å². The SMILES string of the molecule is CCN(C(=O)[C@H](C)OC(=O)CCc1nc2sc3c(c2c(=O)[nH]1)CCCC3)[C@H]1CCS(=O)(=O)C1. The van der Waals surface area contributed by atoms with E-state index in [9.17, 15) is 22.8 Å². The number of rotatable bonds is 7. The van der Waals surface area contributed by atoms with Crippen LogP contribution in [0.2, 0.25) is 0 Å². The van der Waals surface area contributed by atoms with Crippen LogP contribution >= 0.6 is 11.3 Å². The van der Waals surface area contributed by atoms with Crippen LogP contribution in [0.5, 0.6) is 0 Å². The maximum absolute atomic E-state index is 12.8. The summed E-state index contributed by atoms with van der Waals surface area (Å²) in [6, 6.07) is -0.383. The molecule has 0 aromatic carbocycles. The molecule has 33 heavy (non-hydrogen) atoms. The zero-order valence-corrected chi connectivity index (χ0v) is 20.5. The monoisotopic (exact) mass is 495 g/mol. The van der Waals surface area contributed by atoms with Gasteiger partial charge in [-0.1, -0.05) is 0 Å². The number of thiophene rings is 1. The molecule has 1 aliphatic heterocycles. The molecule has 0 spiro atoms. The average Bonchev–Trinajstić information content (AvgIpc) is 3.32. The van der Waals surface area contributed by atoms with Crippen molar-refractivity contribution < 1.29 is 22.7 Å². The molecule has 3 heterocycles. The van der Waals surface area contributed by atoms with Crippen molar-refractivity contribution in [3.05, 3.63) is 26.6 Å². The normalized spacial score (nSPS) is 20.4. The number of H-pyrrole nitrogens is 1. The molecule has 1 saturated heterocycles. The van der Waals surface area contributed by atoms with Gasteiger partial charge in [0.25, 0.3) is 11.5 Å². The van der Waals surface area contributed by atoms with Crippen molar-refractivity contribution in [3.63, 3.8) is 0 Å². The summed E-state index contributed by atoms with van der Waals surface area (Å²) < 4.78 is 28.8. The number of hydrogen-bond donors (Lipinski definition) is 1. The van der Waals surface area contributed by atoms with Crippen LogP contribution in [-0.2, 0) is 43.4 Å². The fourth-order valence-corrected chi connectivity index (χ4v) is 7.71. The molecular formula is C22H29N3O6S2. The van der Waals surface area contributed by atoms with Crippen LogP contribution in [0.4, 0.5) is 0 Å². The summed E-state index contributed by atoms with van der Waals surface area (Å²) in [6.07, 6.45) is 3.64. The van der Waals surface area contributed by atoms with Gasteiger partial charge in [-0.2, -0.15) is 0 Å². The van der Waals surface area contributed by atoms with Crippen LogP contribution in [-0.4, -0.2) is 65.4 Å². The van der Waals surface area contributed by atoms with Gasteiger partial charge >= 0.3 is 5.97 Å². The number of aromatic nitrogens is 2. The Morgan fingerprint density at radius 1 is 1.30 bits per heavy atom. The van der Waals surface area contributed by atoms with E-state index in [1.165, 1.54) is 16.7 Å². The highest BCUT2D eigenvalue weighted by Gasteiger charge is 2.36. The smallest absolute Gasteiger partial charge is 0.307 e. The van der Waals surface area contributed by atoms with Crippen LogP contribution in [0.15, 0.2) is 4.79 Å². The largest absolute Gasteiger partial charge is 0.453 e. The number of carbonyl (C=O) groups excluding carboxylic acids is 2. The number of amides is 1. The number of aryl methyl sites for hydroxylation is 3. The third-order valence-electron chi connectivity index (χ3n) is 6.37. The summed E-state index contributed by atoms with van der Waals surface area (Å²) in [5, 5.41) is 0.675. The molecular weight excluding hydrogens is 466 g/mol. The van der Waals surface area contributed by atoms with Gasteiger partial charge < -0.3 is 14.6 Å². The van der Waals surface area contributed by atoms with Crippen molar-refractivity contribution in [1.29, 1.82) is 0 Å². The van der Waals surface area contributed by atoms with Gasteiger partial charge in [-0.3, -0.25) is 14.4 Å². The van der Waals surface area contributed by atoms with E-state index in [-0.39, 0.29) is 35.9 Å². The summed E-state index contributed by atoms with van der Waals surface area (Å²) in [7, 11) is -3.13. The van der Waals surface area contributed by atoms with Crippen LogP contribution in [0.25, 0.3) is 10.2 Å². The molecule has 2 aliphatic rings. The summed E-state index contributed by atoms with van der Waals surface area (Å²) in [4.78, 5) is 48.5. The van der Waals surface area contributed by atoms with Gasteiger partial charge in [-0.15, -0.1) is 11.3 Å². The zero-order chi connectivity index (χ0) is 23.8. The lowest BCUT2D eigenvalue weighted by molar-refractivity contribution is -0.160. The maximum Gasteiger partial charge on any atom is 0.307 e. The van der Waals surface area contributed by atoms with Crippen molar-refractivity contribution in [2.45, 2.75) is 70.9 Å². The summed E-state index contributed by atoms with van der Waals surface area (Å²) >= 11 is 1.55. The summed E-state index contributed by atoms with van der Waals surface area (Å²) in [5.74, 6) is -0.531. The highest BCUT2D eigenvalue weighted by molar-refractivity contribution is 7.91. The molecule has 1 N–H and O–H groups in total. The molecule has 1 amide bonds. The highest BCUT2D eigenvalue weighted by atomic mass is 32.2. The quantitative estimate of drug-likeness (QED) is 0.580. The lowest BCUT2D eigenvalue weighted by atomic mass is 9.97. The zero-order valence-electron chi connectivity index (χ0n) is 18.9. The minimum absolute atomic E-state index is 0.0267. The first-order valence-electron chi connectivity index (χ1n) is 11.4. The predicted octanol–water partition coefficient (Wildman–Crippen LogP) is 1.76. The predicted molar refractivity (Wildman–Crippen MR) is 125 cm³/mol. The number of hydrogen-bond acceptors (Lipinski definition) is 8. The van der Waals surface area contributed by atoms with E-state index in [1.54, 1.807) is 18.3 Å². The molecule has 0 bridgehead atoms. The summed E-state index contributed by atoms with van der Waals surface area (Å²) in [5.41, 5.74) is 0.945. The van der Waals surface area contributed by atoms with Gasteiger partial charge in [0.1, 0.15) is 10.7 Å². The molecule has 4 rings (SSSR count). The number of esters is 1. The van der Waals surface area contributed by atoms with E-state index >= 15 is 0 Å². The Labute approximate surface area is 196 Å². The molecule has 0 unspecified atom stereocenters. The molecule has 2 aromatic heterocycles. The molecule has 2 atom stereocenters. The van der Waals surface area contributed by atoms with Crippen LogP contribution in [0.3, 0.4) is 0 Å². The van der Waals surface area contributed by atoms with E-state index in [4.69, 9.17) is 4.74 Å². The lowest BCUT2D eigenvalue weighted by Gasteiger charge is -2.29. The van der Waals surface area contributed by atoms with Crippen LogP contribution in [0.1, 0.15) is 55.8 Å². The lowest BCUT2D eigenvalue weighted by Crippen LogP contribution is -2.46. The Balaban J connectivity index is 1.36. The molecule has 2 aromatic rings. The molecule has 1 aliphatic carbocycles. The Morgan fingerprint density at radius 3 is 2.76 bits per heavy atom. The van der Waals surface area contributed by atoms with Crippen molar-refractivity contribution in [2.24, 2.45) is 0 Å². The second kappa shape index (κ2) is 9.54. The molecule has 11 heteroatoms. The number of nitrogens with zero attached hydrogens (tertiary/aromatic N) is 2. The first kappa shape index (κ1) is 23.9. The molecule has 0 radical (unpaired) electrons. The van der Waals surface area contributed by atoms with E-state index in [0.717, 1.165) is 31.2 Å². The first-order chi connectivity index (χ1) is 15.7. The number of sulfone groups is 1. The molecule has 9 nitrogen and oxygen atoms in total. The third kappa shape index (κ3) is 5.13. The van der Waals surface area contributed by atoms with E-state index in [1.807, 2.05) is 0 Å². The average molecular weight is 496 g/mol. The third-order valence-corrected chi connectivity index (χ3v) is 9.30. The molecule has 1 fully saturated rings. The number of ether oxygens (including phenoxy) is 1. The fourth-order valence-electron chi connectivity index (χ4n) is 4.70. The van der Waals surface area contributed by atoms with Crippen LogP contribution in [0, 0.1) is 0 Å². The van der Waals surface area contributed by atoms with Crippen molar-refractivity contribution >= 4 is 43.3 Å². The fraction of sp³-hybridized carbons (Fsp3) is 0.636. The number of aromatic amines is 1. The van der Waals surface area contributed by atoms with Crippen molar-refractivity contribution in [2.75, 3.05) is 18.1 Å². The van der Waals surface area contributed by atoms with Crippen molar-refractivity contribution in [1.82, 2.24) is 14.9 Å². The van der Waals surface area contributed by atoms with E-state index in [2.05, 4.69) is 9.97 Å². The number of nitrogens with one attached hydrogen (secondary N) is 1. The van der Waals surface area contributed by atoms with Gasteiger partial charge in [-0.05, 0) is 51.5 Å². The van der Waals surface area contributed by atoms with Gasteiger partial charge in [-0.25, -0.2) is 13.4 Å². The number of fused-ring (bicyclic) bond motifs is 3. The first-order valence-corrected chi connectivity index (χ1v) is 14.1. The van der Waals surface area contributed by atoms with E-state index < -0.39 is 27.8 Å². The number of carbonyl (C=O) groups is 2. The Bertz CT molecular complexity index is 1230. The topological polar surface area (TPSA) is 126 Å². The molecule has 180 valence electrons. The Hall–Kier alpha value is -2.27. The van der Waals surface area contributed by atoms with Crippen LogP contribution < -0.4 is 5.56 Å². The minimum atomic E-state index is -3.13. The second-order valence-corrected chi connectivity index (χ2v) is 12.0. The second-order valence-electron chi connectivity index (χ2n) is 8.72. The highest BCUT2D eigenvalue weighted by Crippen LogP contribution is 2.33. The number of likely N-dealkylation sites (N-methyl/N-ethyl adjacent to an activating group) is 1. The van der Waals surface area contributed by atoms with Gasteiger partial charge in [0.15, 0.2) is 15.9 Å². The Morgan fingerprint density at radius 2 is 2.06 bits per heavy atom. The van der Waals surface area contributed by atoms with Crippen molar-refractivity contribution in [3.8, 4) is 0 Å². The van der Waals surface area contributed by atoms with Gasteiger partial charge in [0.05, 0.1) is 23.3 Å². The molecule has 0 saturated carbocycles. The standard InChI is InChI=1S/C22H29N3O6S2/c1-3-25(14-10-11-33(29,30)12-14)22(28)13(2)31-18(26)9-8-17-23-20(27)19-15-6-4-5-7-16(15)32-21(19)24-17/h13-14H,3-12H2,1-2H3,(H,23,24,27)/t13-,14-/m0/s1. The summed E-state index contributed by atoms with van der Waals surface area (Å²) in [6.45, 7) is 3.61. The minimum Gasteiger partial charge on any atom is -0.453 e.